The number of nitrogens with one attached hydrogen (secondary N) is 4. The normalized spacial score (nSPS) is 20.3. The second-order valence-electron chi connectivity index (χ2n) is 5.88. The second kappa shape index (κ2) is 8.65. The van der Waals surface area contributed by atoms with Gasteiger partial charge in [-0.1, -0.05) is 0 Å². The van der Waals surface area contributed by atoms with Gasteiger partial charge in [-0.2, -0.15) is 0 Å². The average Bonchev–Trinajstić information content (AvgIpc) is 2.48. The Morgan fingerprint density at radius 2 is 2.16 bits per heavy atom. The number of hydrogen-bond donors (Lipinski definition) is 5. The highest BCUT2D eigenvalue weighted by molar-refractivity contribution is 7.92. The van der Waals surface area contributed by atoms with E-state index in [4.69, 9.17) is 0 Å². The lowest BCUT2D eigenvalue weighted by Gasteiger charge is -2.32. The van der Waals surface area contributed by atoms with Crippen LogP contribution in [0.15, 0.2) is 18.2 Å². The van der Waals surface area contributed by atoms with Crippen molar-refractivity contribution in [1.82, 2.24) is 10.6 Å². The lowest BCUT2D eigenvalue weighted by atomic mass is 9.94. The Bertz CT molecular complexity index is 711. The third-order valence-electron chi connectivity index (χ3n) is 3.55. The summed E-state index contributed by atoms with van der Waals surface area (Å²) in [5.74, 6) is -0.706. The molecule has 1 heterocycles. The number of amides is 2. The minimum absolute atomic E-state index is 0. The van der Waals surface area contributed by atoms with Crippen LogP contribution in [0, 0.1) is 5.82 Å². The molecule has 1 saturated heterocycles. The first-order valence-corrected chi connectivity index (χ1v) is 9.31. The Morgan fingerprint density at radius 3 is 2.76 bits per heavy atom. The van der Waals surface area contributed by atoms with Gasteiger partial charge in [0.05, 0.1) is 23.2 Å². The first-order chi connectivity index (χ1) is 11.2. The minimum atomic E-state index is -3.51. The van der Waals surface area contributed by atoms with Crippen LogP contribution in [0.25, 0.3) is 0 Å². The van der Waals surface area contributed by atoms with Gasteiger partial charge in [0.1, 0.15) is 5.82 Å². The molecule has 25 heavy (non-hydrogen) atoms. The molecule has 1 fully saturated rings. The number of hydrogen-bond acceptors (Lipinski definition) is 5. The molecule has 11 heteroatoms. The Kier molecular flexibility index (Phi) is 7.42. The number of halogens is 2. The number of aliphatic hydroxyl groups is 1. The summed E-state index contributed by atoms with van der Waals surface area (Å²) < 4.78 is 38.3. The number of piperidine rings is 1. The van der Waals surface area contributed by atoms with Crippen LogP contribution in [0.1, 0.15) is 12.8 Å². The molecule has 0 aromatic heterocycles. The quantitative estimate of drug-likeness (QED) is 0.505. The highest BCUT2D eigenvalue weighted by Crippen LogP contribution is 2.20. The lowest BCUT2D eigenvalue weighted by molar-refractivity contribution is 0.0198. The average molecular weight is 397 g/mol. The number of carbonyl (C=O) groups excluding carboxylic acids is 1. The molecule has 5 N–H and O–H groups in total. The molecule has 0 aliphatic carbocycles. The SMILES string of the molecule is CS(=O)(=O)Nc1ccc(F)c(NC(=O)NCC2(O)CCCNC2)c1.Cl. The Balaban J connectivity index is 0.00000312. The van der Waals surface area contributed by atoms with E-state index in [0.717, 1.165) is 25.3 Å². The van der Waals surface area contributed by atoms with Crippen LogP contribution in [-0.2, 0) is 10.0 Å². The van der Waals surface area contributed by atoms with Crippen LogP contribution < -0.4 is 20.7 Å². The molecule has 0 spiro atoms. The van der Waals surface area contributed by atoms with E-state index >= 15 is 0 Å². The molecule has 0 bridgehead atoms. The van der Waals surface area contributed by atoms with E-state index < -0.39 is 27.5 Å². The predicted octanol–water partition coefficient (Wildman–Crippen LogP) is 0.855. The molecular formula is C14H22ClFN4O4S. The van der Waals surface area contributed by atoms with Crippen molar-refractivity contribution in [2.45, 2.75) is 18.4 Å². The summed E-state index contributed by atoms with van der Waals surface area (Å²) >= 11 is 0. The number of anilines is 2. The fraction of sp³-hybridized carbons (Fsp3) is 0.500. The van der Waals surface area contributed by atoms with Gasteiger partial charge < -0.3 is 21.1 Å². The molecule has 2 rings (SSSR count). The van der Waals surface area contributed by atoms with Crippen LogP contribution in [0.5, 0.6) is 0 Å². The van der Waals surface area contributed by atoms with E-state index in [-0.39, 0.29) is 30.3 Å². The van der Waals surface area contributed by atoms with Gasteiger partial charge >= 0.3 is 6.03 Å². The maximum Gasteiger partial charge on any atom is 0.319 e. The standard InChI is InChI=1S/C14H21FN4O4S.ClH/c1-24(22,23)19-10-3-4-11(15)12(7-10)18-13(20)17-9-14(21)5-2-6-16-8-14;/h3-4,7,16,19,21H,2,5-6,8-9H2,1H3,(H2,17,18,20);1H. The van der Waals surface area contributed by atoms with Crippen LogP contribution in [-0.4, -0.2) is 51.0 Å². The Labute approximate surface area is 152 Å². The summed E-state index contributed by atoms with van der Waals surface area (Å²) in [7, 11) is -3.51. The smallest absolute Gasteiger partial charge is 0.319 e. The zero-order valence-corrected chi connectivity index (χ0v) is 15.3. The molecule has 1 atom stereocenters. The number of carbonyl (C=O) groups is 1. The van der Waals surface area contributed by atoms with Crippen molar-refractivity contribution in [2.75, 3.05) is 35.9 Å². The van der Waals surface area contributed by atoms with Crippen molar-refractivity contribution in [3.63, 3.8) is 0 Å². The highest BCUT2D eigenvalue weighted by Gasteiger charge is 2.29. The van der Waals surface area contributed by atoms with Gasteiger partial charge in [-0.05, 0) is 37.6 Å². The Hall–Kier alpha value is -1.62. The van der Waals surface area contributed by atoms with Crippen molar-refractivity contribution in [2.24, 2.45) is 0 Å². The monoisotopic (exact) mass is 396 g/mol. The van der Waals surface area contributed by atoms with E-state index in [1.165, 1.54) is 12.1 Å². The largest absolute Gasteiger partial charge is 0.387 e. The topological polar surface area (TPSA) is 120 Å². The van der Waals surface area contributed by atoms with E-state index in [1.807, 2.05) is 0 Å². The molecule has 0 saturated carbocycles. The molecular weight excluding hydrogens is 375 g/mol. The van der Waals surface area contributed by atoms with Crippen LogP contribution in [0.4, 0.5) is 20.6 Å². The number of rotatable bonds is 5. The molecule has 1 aromatic carbocycles. The fourth-order valence-corrected chi connectivity index (χ4v) is 2.97. The molecule has 1 aliphatic heterocycles. The summed E-state index contributed by atoms with van der Waals surface area (Å²) in [4.78, 5) is 11.9. The summed E-state index contributed by atoms with van der Waals surface area (Å²) in [6, 6.07) is 2.77. The van der Waals surface area contributed by atoms with E-state index in [2.05, 4.69) is 20.7 Å². The molecule has 1 aliphatic rings. The zero-order chi connectivity index (χ0) is 17.8. The molecule has 142 valence electrons. The van der Waals surface area contributed by atoms with Gasteiger partial charge in [0.25, 0.3) is 0 Å². The van der Waals surface area contributed by atoms with Crippen molar-refractivity contribution in [3.8, 4) is 0 Å². The van der Waals surface area contributed by atoms with Gasteiger partial charge in [-0.3, -0.25) is 4.72 Å². The fourth-order valence-electron chi connectivity index (χ4n) is 2.41. The zero-order valence-electron chi connectivity index (χ0n) is 13.6. The summed E-state index contributed by atoms with van der Waals surface area (Å²) in [5.41, 5.74) is -1.08. The van der Waals surface area contributed by atoms with Crippen LogP contribution in [0.3, 0.4) is 0 Å². The van der Waals surface area contributed by atoms with E-state index in [9.17, 15) is 22.7 Å². The number of urea groups is 1. The van der Waals surface area contributed by atoms with Crippen molar-refractivity contribution < 1.29 is 22.7 Å². The minimum Gasteiger partial charge on any atom is -0.387 e. The summed E-state index contributed by atoms with van der Waals surface area (Å²) in [6.45, 7) is 1.21. The molecule has 2 amide bonds. The van der Waals surface area contributed by atoms with Gasteiger partial charge in [-0.25, -0.2) is 17.6 Å². The second-order valence-corrected chi connectivity index (χ2v) is 7.63. The predicted molar refractivity (Wildman–Crippen MR) is 96.2 cm³/mol. The van der Waals surface area contributed by atoms with Gasteiger partial charge in [-0.15, -0.1) is 12.4 Å². The number of β-amino-alcohol motifs (C(OH)–C–C–N with tert-alkyl or cyclic N) is 1. The first kappa shape index (κ1) is 21.4. The van der Waals surface area contributed by atoms with Gasteiger partial charge in [0, 0.05) is 13.1 Å². The van der Waals surface area contributed by atoms with Gasteiger partial charge in [0.15, 0.2) is 0 Å². The molecule has 0 radical (unpaired) electrons. The third kappa shape index (κ3) is 7.02. The molecule has 1 aromatic rings. The lowest BCUT2D eigenvalue weighted by Crippen LogP contribution is -2.53. The number of sulfonamides is 1. The molecule has 8 nitrogen and oxygen atoms in total. The van der Waals surface area contributed by atoms with Crippen LogP contribution in [0.2, 0.25) is 0 Å². The van der Waals surface area contributed by atoms with Crippen molar-refractivity contribution in [3.05, 3.63) is 24.0 Å². The van der Waals surface area contributed by atoms with E-state index in [1.54, 1.807) is 0 Å². The van der Waals surface area contributed by atoms with Crippen molar-refractivity contribution in [1.29, 1.82) is 0 Å². The summed E-state index contributed by atoms with van der Waals surface area (Å²) in [6.07, 6.45) is 2.32. The maximum absolute atomic E-state index is 13.8. The van der Waals surface area contributed by atoms with Crippen LogP contribution >= 0.6 is 12.4 Å². The van der Waals surface area contributed by atoms with Gasteiger partial charge in [0.2, 0.25) is 10.0 Å². The van der Waals surface area contributed by atoms with E-state index in [0.29, 0.717) is 13.0 Å². The summed E-state index contributed by atoms with van der Waals surface area (Å²) in [5, 5.41) is 18.1. The Morgan fingerprint density at radius 1 is 1.44 bits per heavy atom. The first-order valence-electron chi connectivity index (χ1n) is 7.42. The number of benzene rings is 1. The molecule has 1 unspecified atom stereocenters. The van der Waals surface area contributed by atoms with Crippen molar-refractivity contribution >= 4 is 39.8 Å². The highest BCUT2D eigenvalue weighted by atomic mass is 35.5. The maximum atomic E-state index is 13.8. The third-order valence-corrected chi connectivity index (χ3v) is 4.15.